The molecule has 1 aliphatic rings. The van der Waals surface area contributed by atoms with Crippen LogP contribution >= 0.6 is 0 Å². The van der Waals surface area contributed by atoms with Crippen LogP contribution in [0.1, 0.15) is 32.0 Å². The summed E-state index contributed by atoms with van der Waals surface area (Å²) in [6.07, 6.45) is 4.57. The molecule has 5 nitrogen and oxygen atoms in total. The zero-order chi connectivity index (χ0) is 16.1. The number of anilines is 1. The van der Waals surface area contributed by atoms with E-state index in [1.165, 1.54) is 12.8 Å². The fourth-order valence-corrected chi connectivity index (χ4v) is 3.15. The summed E-state index contributed by atoms with van der Waals surface area (Å²) in [5.74, 6) is 1.83. The van der Waals surface area contributed by atoms with Crippen molar-refractivity contribution in [3.8, 4) is 0 Å². The number of hydrogen-bond donors (Lipinski definition) is 1. The average Bonchev–Trinajstić information content (AvgIpc) is 2.60. The van der Waals surface area contributed by atoms with Crippen molar-refractivity contribution in [3.05, 3.63) is 30.1 Å². The first-order valence-electron chi connectivity index (χ1n) is 8.64. The first kappa shape index (κ1) is 16.1. The lowest BCUT2D eigenvalue weighted by molar-refractivity contribution is 0.0210. The predicted octanol–water partition coefficient (Wildman–Crippen LogP) is 2.53. The van der Waals surface area contributed by atoms with Gasteiger partial charge in [-0.15, -0.1) is 0 Å². The lowest BCUT2D eigenvalue weighted by Crippen LogP contribution is -2.36. The molecule has 0 radical (unpaired) electrons. The molecule has 0 bridgehead atoms. The second-order valence-electron chi connectivity index (χ2n) is 6.05. The van der Waals surface area contributed by atoms with Crippen molar-refractivity contribution in [2.75, 3.05) is 31.1 Å². The SMILES string of the molecule is CCN(CC1CCCCO1)c1nc(CCN)nc2ccccc12. The minimum atomic E-state index is 0.301. The summed E-state index contributed by atoms with van der Waals surface area (Å²) in [7, 11) is 0. The standard InChI is InChI=1S/C18H26N4O/c1-2-22(13-14-7-5-6-12-23-14)18-15-8-3-4-9-16(15)20-17(21-18)10-11-19/h3-4,8-9,14H,2,5-7,10-13,19H2,1H3. The molecule has 2 N–H and O–H groups in total. The highest BCUT2D eigenvalue weighted by atomic mass is 16.5. The van der Waals surface area contributed by atoms with Crippen LogP contribution in [0.3, 0.4) is 0 Å². The number of para-hydroxylation sites is 1. The number of ether oxygens (including phenoxy) is 1. The van der Waals surface area contributed by atoms with Crippen LogP contribution in [0.15, 0.2) is 24.3 Å². The fourth-order valence-electron chi connectivity index (χ4n) is 3.15. The van der Waals surface area contributed by atoms with Crippen molar-refractivity contribution < 1.29 is 4.74 Å². The third-order valence-corrected chi connectivity index (χ3v) is 4.38. The van der Waals surface area contributed by atoms with Crippen LogP contribution in [0.25, 0.3) is 10.9 Å². The number of rotatable bonds is 6. The maximum Gasteiger partial charge on any atom is 0.140 e. The van der Waals surface area contributed by atoms with Crippen LogP contribution in [-0.4, -0.2) is 42.3 Å². The Balaban J connectivity index is 1.93. The van der Waals surface area contributed by atoms with Crippen LogP contribution in [0.4, 0.5) is 5.82 Å². The van der Waals surface area contributed by atoms with Crippen molar-refractivity contribution in [1.82, 2.24) is 9.97 Å². The smallest absolute Gasteiger partial charge is 0.140 e. The highest BCUT2D eigenvalue weighted by Crippen LogP contribution is 2.25. The molecule has 2 heterocycles. The summed E-state index contributed by atoms with van der Waals surface area (Å²) in [5, 5.41) is 1.10. The normalized spacial score (nSPS) is 18.3. The molecule has 0 saturated carbocycles. The highest BCUT2D eigenvalue weighted by molar-refractivity contribution is 5.89. The van der Waals surface area contributed by atoms with E-state index in [9.17, 15) is 0 Å². The van der Waals surface area contributed by atoms with Crippen molar-refractivity contribution >= 4 is 16.7 Å². The maximum atomic E-state index is 5.92. The molecule has 1 aromatic carbocycles. The van der Waals surface area contributed by atoms with E-state index in [0.717, 1.165) is 48.7 Å². The Bertz CT molecular complexity index is 640. The Morgan fingerprint density at radius 3 is 2.87 bits per heavy atom. The van der Waals surface area contributed by atoms with Gasteiger partial charge in [-0.2, -0.15) is 0 Å². The summed E-state index contributed by atoms with van der Waals surface area (Å²) >= 11 is 0. The molecule has 1 atom stereocenters. The molecule has 1 fully saturated rings. The zero-order valence-corrected chi connectivity index (χ0v) is 13.9. The third-order valence-electron chi connectivity index (χ3n) is 4.38. The second-order valence-corrected chi connectivity index (χ2v) is 6.05. The number of fused-ring (bicyclic) bond motifs is 1. The first-order chi connectivity index (χ1) is 11.3. The Kier molecular flexibility index (Phi) is 5.41. The van der Waals surface area contributed by atoms with Gasteiger partial charge in [0.05, 0.1) is 11.6 Å². The van der Waals surface area contributed by atoms with Gasteiger partial charge >= 0.3 is 0 Å². The summed E-state index contributed by atoms with van der Waals surface area (Å²) in [6, 6.07) is 8.21. The van der Waals surface area contributed by atoms with Gasteiger partial charge < -0.3 is 15.4 Å². The van der Waals surface area contributed by atoms with Gasteiger partial charge in [0.1, 0.15) is 11.6 Å². The van der Waals surface area contributed by atoms with Crippen LogP contribution in [0.5, 0.6) is 0 Å². The van der Waals surface area contributed by atoms with E-state index in [0.29, 0.717) is 19.1 Å². The fraction of sp³-hybridized carbons (Fsp3) is 0.556. The Hall–Kier alpha value is -1.72. The largest absolute Gasteiger partial charge is 0.376 e. The predicted molar refractivity (Wildman–Crippen MR) is 93.8 cm³/mol. The summed E-state index contributed by atoms with van der Waals surface area (Å²) < 4.78 is 5.92. The summed E-state index contributed by atoms with van der Waals surface area (Å²) in [4.78, 5) is 11.8. The van der Waals surface area contributed by atoms with E-state index in [1.54, 1.807) is 0 Å². The second kappa shape index (κ2) is 7.70. The summed E-state index contributed by atoms with van der Waals surface area (Å²) in [5.41, 5.74) is 6.69. The number of benzene rings is 1. The van der Waals surface area contributed by atoms with Gasteiger partial charge in [0, 0.05) is 31.5 Å². The molecular weight excluding hydrogens is 288 g/mol. The number of nitrogens with two attached hydrogens (primary N) is 1. The monoisotopic (exact) mass is 314 g/mol. The first-order valence-corrected chi connectivity index (χ1v) is 8.64. The number of hydrogen-bond acceptors (Lipinski definition) is 5. The molecule has 1 aromatic heterocycles. The van der Waals surface area contributed by atoms with Crippen LogP contribution in [0.2, 0.25) is 0 Å². The van der Waals surface area contributed by atoms with E-state index in [1.807, 2.05) is 18.2 Å². The van der Waals surface area contributed by atoms with Gasteiger partial charge in [0.25, 0.3) is 0 Å². The Labute approximate surface area is 137 Å². The topological polar surface area (TPSA) is 64.3 Å². The van der Waals surface area contributed by atoms with E-state index in [-0.39, 0.29) is 0 Å². The van der Waals surface area contributed by atoms with Gasteiger partial charge in [-0.3, -0.25) is 0 Å². The minimum absolute atomic E-state index is 0.301. The number of aromatic nitrogens is 2. The zero-order valence-electron chi connectivity index (χ0n) is 13.9. The molecule has 1 aliphatic heterocycles. The van der Waals surface area contributed by atoms with E-state index in [2.05, 4.69) is 22.9 Å². The molecule has 1 unspecified atom stereocenters. The lowest BCUT2D eigenvalue weighted by Gasteiger charge is -2.30. The molecule has 0 spiro atoms. The van der Waals surface area contributed by atoms with E-state index < -0.39 is 0 Å². The number of likely N-dealkylation sites (N-methyl/N-ethyl adjacent to an activating group) is 1. The third kappa shape index (κ3) is 3.79. The van der Waals surface area contributed by atoms with Crippen LogP contribution < -0.4 is 10.6 Å². The van der Waals surface area contributed by atoms with Gasteiger partial charge in [0.15, 0.2) is 0 Å². The molecule has 0 aliphatic carbocycles. The van der Waals surface area contributed by atoms with Crippen molar-refractivity contribution in [1.29, 1.82) is 0 Å². The minimum Gasteiger partial charge on any atom is -0.376 e. The molecule has 2 aromatic rings. The van der Waals surface area contributed by atoms with Crippen LogP contribution in [-0.2, 0) is 11.2 Å². The Morgan fingerprint density at radius 1 is 1.26 bits per heavy atom. The van der Waals surface area contributed by atoms with Gasteiger partial charge in [-0.05, 0) is 44.9 Å². The molecule has 1 saturated heterocycles. The molecular formula is C18H26N4O. The van der Waals surface area contributed by atoms with Gasteiger partial charge in [-0.25, -0.2) is 9.97 Å². The van der Waals surface area contributed by atoms with Gasteiger partial charge in [-0.1, -0.05) is 12.1 Å². The van der Waals surface area contributed by atoms with Crippen molar-refractivity contribution in [3.63, 3.8) is 0 Å². The van der Waals surface area contributed by atoms with E-state index >= 15 is 0 Å². The van der Waals surface area contributed by atoms with E-state index in [4.69, 9.17) is 15.5 Å². The molecule has 23 heavy (non-hydrogen) atoms. The molecule has 5 heteroatoms. The number of nitrogens with zero attached hydrogens (tertiary/aromatic N) is 3. The Morgan fingerprint density at radius 2 is 2.13 bits per heavy atom. The van der Waals surface area contributed by atoms with Crippen molar-refractivity contribution in [2.45, 2.75) is 38.7 Å². The van der Waals surface area contributed by atoms with Crippen LogP contribution in [0, 0.1) is 0 Å². The quantitative estimate of drug-likeness (QED) is 0.887. The summed E-state index contributed by atoms with van der Waals surface area (Å²) in [6.45, 7) is 5.41. The maximum absolute atomic E-state index is 5.92. The van der Waals surface area contributed by atoms with Gasteiger partial charge in [0.2, 0.25) is 0 Å². The average molecular weight is 314 g/mol. The lowest BCUT2D eigenvalue weighted by atomic mass is 10.1. The molecule has 0 amide bonds. The molecule has 3 rings (SSSR count). The highest BCUT2D eigenvalue weighted by Gasteiger charge is 2.20. The van der Waals surface area contributed by atoms with Crippen molar-refractivity contribution in [2.24, 2.45) is 5.73 Å². The molecule has 124 valence electrons.